The smallest absolute Gasteiger partial charge is 0.326 e. The third-order valence-corrected chi connectivity index (χ3v) is 6.31. The lowest BCUT2D eigenvalue weighted by molar-refractivity contribution is -0.143. The van der Waals surface area contributed by atoms with Crippen molar-refractivity contribution in [3.05, 3.63) is 36.0 Å². The summed E-state index contributed by atoms with van der Waals surface area (Å²) in [5, 5.41) is 35.7. The van der Waals surface area contributed by atoms with Crippen molar-refractivity contribution in [1.82, 2.24) is 20.9 Å². The van der Waals surface area contributed by atoms with Crippen molar-refractivity contribution in [2.45, 2.75) is 62.7 Å². The second kappa shape index (κ2) is 16.3. The molecule has 2 aromatic rings. The Labute approximate surface area is 245 Å². The van der Waals surface area contributed by atoms with Gasteiger partial charge in [0.2, 0.25) is 17.7 Å². The summed E-state index contributed by atoms with van der Waals surface area (Å²) < 4.78 is 0. The summed E-state index contributed by atoms with van der Waals surface area (Å²) >= 11 is 0. The van der Waals surface area contributed by atoms with Crippen molar-refractivity contribution in [2.24, 2.45) is 22.2 Å². The van der Waals surface area contributed by atoms with E-state index in [9.17, 15) is 39.0 Å². The van der Waals surface area contributed by atoms with Gasteiger partial charge in [0.15, 0.2) is 5.96 Å². The van der Waals surface area contributed by atoms with E-state index in [2.05, 4.69) is 25.9 Å². The number of aliphatic imine (C=N–C) groups is 1. The van der Waals surface area contributed by atoms with E-state index in [0.717, 1.165) is 10.9 Å². The quantitative estimate of drug-likeness (QED) is 0.0500. The van der Waals surface area contributed by atoms with Gasteiger partial charge in [-0.2, -0.15) is 0 Å². The van der Waals surface area contributed by atoms with Gasteiger partial charge < -0.3 is 53.5 Å². The van der Waals surface area contributed by atoms with Crippen LogP contribution in [0.25, 0.3) is 10.9 Å². The highest BCUT2D eigenvalue weighted by molar-refractivity contribution is 5.96. The van der Waals surface area contributed by atoms with E-state index in [1.165, 1.54) is 0 Å². The molecule has 3 amide bonds. The highest BCUT2D eigenvalue weighted by atomic mass is 16.4. The lowest BCUT2D eigenvalue weighted by atomic mass is 10.0. The molecule has 43 heavy (non-hydrogen) atoms. The minimum Gasteiger partial charge on any atom is -0.481 e. The zero-order valence-corrected chi connectivity index (χ0v) is 23.1. The molecule has 0 saturated heterocycles. The zero-order valence-electron chi connectivity index (χ0n) is 23.1. The number of nitrogens with one attached hydrogen (secondary N) is 4. The van der Waals surface area contributed by atoms with Crippen LogP contribution >= 0.6 is 0 Å². The minimum atomic E-state index is -1.68. The van der Waals surface area contributed by atoms with Crippen LogP contribution in [-0.2, 0) is 35.2 Å². The molecule has 0 radical (unpaired) electrons. The molecule has 0 spiro atoms. The van der Waals surface area contributed by atoms with Gasteiger partial charge in [0.05, 0.1) is 12.5 Å². The Morgan fingerprint density at radius 2 is 1.47 bits per heavy atom. The predicted octanol–water partition coefficient (Wildman–Crippen LogP) is -2.03. The predicted molar refractivity (Wildman–Crippen MR) is 152 cm³/mol. The van der Waals surface area contributed by atoms with Crippen LogP contribution in [0.1, 0.15) is 37.7 Å². The molecular weight excluding hydrogens is 568 g/mol. The number of aromatic nitrogens is 1. The summed E-state index contributed by atoms with van der Waals surface area (Å²) in [4.78, 5) is 80.1. The first kappa shape index (κ1) is 34.0. The molecule has 13 N–H and O–H groups in total. The molecule has 2 rings (SSSR count). The molecule has 1 aromatic carbocycles. The second-order valence-corrected chi connectivity index (χ2v) is 9.67. The highest BCUT2D eigenvalue weighted by Gasteiger charge is 2.32. The maximum absolute atomic E-state index is 13.1. The number of para-hydroxylation sites is 1. The first-order chi connectivity index (χ1) is 20.3. The second-order valence-electron chi connectivity index (χ2n) is 9.67. The summed E-state index contributed by atoms with van der Waals surface area (Å²) in [6.07, 6.45) is -0.0577. The largest absolute Gasteiger partial charge is 0.481 e. The lowest BCUT2D eigenvalue weighted by Gasteiger charge is -2.24. The number of fused-ring (bicyclic) bond motifs is 1. The number of amides is 3. The molecule has 0 bridgehead atoms. The number of hydrogen-bond acceptors (Lipinski definition) is 8. The number of guanidine groups is 1. The number of rotatable bonds is 18. The Morgan fingerprint density at radius 3 is 2.09 bits per heavy atom. The minimum absolute atomic E-state index is 0.0979. The first-order valence-electron chi connectivity index (χ1n) is 13.2. The molecule has 0 saturated carbocycles. The molecule has 1 aromatic heterocycles. The molecule has 1 heterocycles. The zero-order chi connectivity index (χ0) is 32.1. The fourth-order valence-corrected chi connectivity index (χ4v) is 4.11. The molecule has 0 aliphatic heterocycles. The number of benzene rings is 1. The Balaban J connectivity index is 2.15. The van der Waals surface area contributed by atoms with Crippen LogP contribution in [0.4, 0.5) is 0 Å². The normalized spacial score (nSPS) is 13.6. The van der Waals surface area contributed by atoms with E-state index in [0.29, 0.717) is 12.0 Å². The van der Waals surface area contributed by atoms with E-state index in [1.54, 1.807) is 30.5 Å². The van der Waals surface area contributed by atoms with Gasteiger partial charge in [0.25, 0.3) is 0 Å². The monoisotopic (exact) mass is 604 g/mol. The molecule has 4 unspecified atom stereocenters. The van der Waals surface area contributed by atoms with Gasteiger partial charge >= 0.3 is 17.9 Å². The van der Waals surface area contributed by atoms with Gasteiger partial charge in [-0.25, -0.2) is 4.79 Å². The van der Waals surface area contributed by atoms with Crippen molar-refractivity contribution in [2.75, 3.05) is 6.54 Å². The van der Waals surface area contributed by atoms with E-state index < -0.39 is 79.1 Å². The van der Waals surface area contributed by atoms with Crippen molar-refractivity contribution in [3.63, 3.8) is 0 Å². The summed E-state index contributed by atoms with van der Waals surface area (Å²) in [7, 11) is 0. The number of aliphatic carboxylic acids is 3. The number of hydrogen-bond donors (Lipinski definition) is 10. The van der Waals surface area contributed by atoms with Gasteiger partial charge in [-0.3, -0.25) is 29.0 Å². The molecule has 234 valence electrons. The Bertz CT molecular complexity index is 1360. The summed E-state index contributed by atoms with van der Waals surface area (Å²) in [5.41, 5.74) is 17.6. The molecule has 0 aliphatic rings. The van der Waals surface area contributed by atoms with Gasteiger partial charge in [0.1, 0.15) is 18.1 Å². The summed E-state index contributed by atoms with van der Waals surface area (Å²) in [5.74, 6) is -7.28. The molecule has 0 aliphatic carbocycles. The standard InChI is InChI=1S/C26H36N8O9/c27-15(5-3-9-30-26(28)29)22(39)33-18(11-21(37)38)24(41)32-17(7-8-20(35)36)23(40)34-19(25(42)43)10-13-12-31-16-6-2-1-4-14(13)16/h1-2,4,6,12,15,17-19,31H,3,5,7-11,27H2,(H,32,41)(H,33,39)(H,34,40)(H,35,36)(H,37,38)(H,42,43)(H4,28,29,30). The highest BCUT2D eigenvalue weighted by Crippen LogP contribution is 2.19. The molecule has 4 atom stereocenters. The average Bonchev–Trinajstić information content (AvgIpc) is 3.34. The number of H-pyrrole nitrogens is 1. The Hall–Kier alpha value is -5.19. The fourth-order valence-electron chi connectivity index (χ4n) is 4.11. The van der Waals surface area contributed by atoms with Crippen LogP contribution in [0, 0.1) is 0 Å². The third-order valence-electron chi connectivity index (χ3n) is 6.31. The van der Waals surface area contributed by atoms with Gasteiger partial charge in [-0.05, 0) is 30.9 Å². The molecular formula is C26H36N8O9. The fraction of sp³-hybridized carbons (Fsp3) is 0.423. The maximum Gasteiger partial charge on any atom is 0.326 e. The number of carbonyl (C=O) groups is 6. The number of nitrogens with zero attached hydrogens (tertiary/aromatic N) is 1. The van der Waals surface area contributed by atoms with Crippen LogP contribution < -0.4 is 33.2 Å². The maximum atomic E-state index is 13.1. The lowest BCUT2D eigenvalue weighted by Crippen LogP contribution is -2.57. The van der Waals surface area contributed by atoms with E-state index in [-0.39, 0.29) is 25.3 Å². The number of carboxylic acids is 3. The first-order valence-corrected chi connectivity index (χ1v) is 13.2. The van der Waals surface area contributed by atoms with E-state index >= 15 is 0 Å². The van der Waals surface area contributed by atoms with Crippen LogP contribution in [0.2, 0.25) is 0 Å². The third kappa shape index (κ3) is 11.3. The van der Waals surface area contributed by atoms with Crippen LogP contribution in [-0.4, -0.2) is 92.6 Å². The van der Waals surface area contributed by atoms with Crippen LogP contribution in [0.5, 0.6) is 0 Å². The molecule has 0 fully saturated rings. The Morgan fingerprint density at radius 1 is 0.837 bits per heavy atom. The Kier molecular flexibility index (Phi) is 12.9. The van der Waals surface area contributed by atoms with Gasteiger partial charge in [-0.1, -0.05) is 18.2 Å². The van der Waals surface area contributed by atoms with Crippen molar-refractivity contribution < 1.29 is 44.1 Å². The van der Waals surface area contributed by atoms with Crippen molar-refractivity contribution >= 4 is 52.5 Å². The number of carboxylic acid groups (broad SMARTS) is 3. The van der Waals surface area contributed by atoms with Crippen molar-refractivity contribution in [1.29, 1.82) is 0 Å². The van der Waals surface area contributed by atoms with E-state index in [4.69, 9.17) is 22.3 Å². The SMILES string of the molecule is NC(N)=NCCCC(N)C(=O)NC(CC(=O)O)C(=O)NC(CCC(=O)O)C(=O)NC(Cc1c[nH]c2ccccc12)C(=O)O. The topological polar surface area (TPSA) is 305 Å². The van der Waals surface area contributed by atoms with Crippen LogP contribution in [0.15, 0.2) is 35.5 Å². The molecule has 17 heteroatoms. The van der Waals surface area contributed by atoms with Crippen molar-refractivity contribution in [3.8, 4) is 0 Å². The number of aromatic amines is 1. The average molecular weight is 605 g/mol. The molecule has 17 nitrogen and oxygen atoms in total. The van der Waals surface area contributed by atoms with Gasteiger partial charge in [0, 0.05) is 36.5 Å². The number of nitrogens with two attached hydrogens (primary N) is 3. The van der Waals surface area contributed by atoms with Crippen LogP contribution in [0.3, 0.4) is 0 Å². The van der Waals surface area contributed by atoms with E-state index in [1.807, 2.05) is 0 Å². The summed E-state index contributed by atoms with van der Waals surface area (Å²) in [6.45, 7) is 0.181. The summed E-state index contributed by atoms with van der Waals surface area (Å²) in [6, 6.07) is 1.24. The number of carbonyl (C=O) groups excluding carboxylic acids is 3. The van der Waals surface area contributed by atoms with Gasteiger partial charge in [-0.15, -0.1) is 0 Å².